The van der Waals surface area contributed by atoms with E-state index in [1.54, 1.807) is 0 Å². The fraction of sp³-hybridized carbons (Fsp3) is 1.00. The summed E-state index contributed by atoms with van der Waals surface area (Å²) in [5, 5.41) is 12.5. The van der Waals surface area contributed by atoms with Crippen molar-refractivity contribution in [3.05, 3.63) is 0 Å². The smallest absolute Gasteiger partial charge is 0.0692 e. The Morgan fingerprint density at radius 1 is 1.40 bits per heavy atom. The van der Waals surface area contributed by atoms with Crippen LogP contribution in [0.1, 0.15) is 27.2 Å². The minimum atomic E-state index is -0.204. The second-order valence-electron chi connectivity index (χ2n) is 3.03. The lowest BCUT2D eigenvalue weighted by atomic mass is 9.97. The predicted molar refractivity (Wildman–Crippen MR) is 44.0 cm³/mol. The molecule has 0 spiro atoms. The van der Waals surface area contributed by atoms with E-state index in [0.717, 1.165) is 6.42 Å². The molecule has 0 aliphatic carbocycles. The third-order valence-electron chi connectivity index (χ3n) is 1.88. The number of hydrogen-bond donors (Lipinski definition) is 2. The van der Waals surface area contributed by atoms with Gasteiger partial charge in [0.2, 0.25) is 0 Å². The van der Waals surface area contributed by atoms with Gasteiger partial charge in [-0.1, -0.05) is 20.8 Å². The van der Waals surface area contributed by atoms with E-state index in [0.29, 0.717) is 5.92 Å². The first-order valence-electron chi connectivity index (χ1n) is 3.98. The van der Waals surface area contributed by atoms with E-state index < -0.39 is 0 Å². The van der Waals surface area contributed by atoms with Gasteiger partial charge in [0.25, 0.3) is 0 Å². The van der Waals surface area contributed by atoms with E-state index >= 15 is 0 Å². The van der Waals surface area contributed by atoms with Crippen LogP contribution < -0.4 is 5.32 Å². The SMILES string of the molecule is CC[C@@H](O)[C@@H](NC)C(C)C. The van der Waals surface area contributed by atoms with E-state index in [4.69, 9.17) is 0 Å². The molecule has 62 valence electrons. The van der Waals surface area contributed by atoms with Crippen LogP contribution in [0.3, 0.4) is 0 Å². The second-order valence-corrected chi connectivity index (χ2v) is 3.03. The largest absolute Gasteiger partial charge is 0.392 e. The van der Waals surface area contributed by atoms with Crippen LogP contribution in [0.4, 0.5) is 0 Å². The van der Waals surface area contributed by atoms with Gasteiger partial charge in [0, 0.05) is 6.04 Å². The van der Waals surface area contributed by atoms with Crippen molar-refractivity contribution in [3.8, 4) is 0 Å². The molecule has 0 unspecified atom stereocenters. The van der Waals surface area contributed by atoms with Gasteiger partial charge in [-0.15, -0.1) is 0 Å². The predicted octanol–water partition coefficient (Wildman–Crippen LogP) is 1.00. The van der Waals surface area contributed by atoms with Gasteiger partial charge in [-0.25, -0.2) is 0 Å². The molecule has 2 atom stereocenters. The number of aliphatic hydroxyl groups is 1. The molecule has 0 saturated carbocycles. The van der Waals surface area contributed by atoms with Crippen molar-refractivity contribution in [3.63, 3.8) is 0 Å². The molecule has 0 saturated heterocycles. The minimum Gasteiger partial charge on any atom is -0.392 e. The first-order valence-corrected chi connectivity index (χ1v) is 3.98. The normalized spacial score (nSPS) is 17.4. The Balaban J connectivity index is 3.80. The van der Waals surface area contributed by atoms with Gasteiger partial charge in [0.05, 0.1) is 6.10 Å². The molecule has 0 amide bonds. The highest BCUT2D eigenvalue weighted by Crippen LogP contribution is 2.07. The zero-order valence-corrected chi connectivity index (χ0v) is 7.39. The maximum atomic E-state index is 9.43. The van der Waals surface area contributed by atoms with Crippen molar-refractivity contribution in [1.29, 1.82) is 0 Å². The van der Waals surface area contributed by atoms with Crippen LogP contribution in [0, 0.1) is 5.92 Å². The molecule has 2 heteroatoms. The number of likely N-dealkylation sites (N-methyl/N-ethyl adjacent to an activating group) is 1. The van der Waals surface area contributed by atoms with E-state index in [9.17, 15) is 5.11 Å². The maximum absolute atomic E-state index is 9.43. The molecule has 0 aliphatic heterocycles. The van der Waals surface area contributed by atoms with E-state index in [1.165, 1.54) is 0 Å². The van der Waals surface area contributed by atoms with E-state index in [2.05, 4.69) is 19.2 Å². The molecule has 0 aromatic heterocycles. The Hall–Kier alpha value is -0.0800. The minimum absolute atomic E-state index is 0.204. The van der Waals surface area contributed by atoms with Crippen molar-refractivity contribution in [1.82, 2.24) is 5.32 Å². The number of nitrogens with one attached hydrogen (secondary N) is 1. The van der Waals surface area contributed by atoms with Gasteiger partial charge in [0.1, 0.15) is 0 Å². The molecule has 0 heterocycles. The summed E-state index contributed by atoms with van der Waals surface area (Å²) in [5.74, 6) is 0.500. The molecule has 0 aromatic rings. The third kappa shape index (κ3) is 2.67. The molecule has 2 N–H and O–H groups in total. The molecule has 0 radical (unpaired) electrons. The maximum Gasteiger partial charge on any atom is 0.0692 e. The van der Waals surface area contributed by atoms with Crippen molar-refractivity contribution in [2.45, 2.75) is 39.3 Å². The molecule has 0 fully saturated rings. The van der Waals surface area contributed by atoms with Gasteiger partial charge >= 0.3 is 0 Å². The number of aliphatic hydroxyl groups excluding tert-OH is 1. The number of hydrogen-bond acceptors (Lipinski definition) is 2. The third-order valence-corrected chi connectivity index (χ3v) is 1.88. The van der Waals surface area contributed by atoms with Gasteiger partial charge < -0.3 is 10.4 Å². The lowest BCUT2D eigenvalue weighted by molar-refractivity contribution is 0.105. The van der Waals surface area contributed by atoms with E-state index in [1.807, 2.05) is 14.0 Å². The second kappa shape index (κ2) is 4.69. The first kappa shape index (κ1) is 9.92. The molecule has 2 nitrogen and oxygen atoms in total. The summed E-state index contributed by atoms with van der Waals surface area (Å²) in [4.78, 5) is 0. The fourth-order valence-electron chi connectivity index (χ4n) is 1.22. The summed E-state index contributed by atoms with van der Waals surface area (Å²) in [7, 11) is 1.89. The van der Waals surface area contributed by atoms with Crippen LogP contribution in [0.25, 0.3) is 0 Å². The Kier molecular flexibility index (Phi) is 4.65. The van der Waals surface area contributed by atoms with Crippen LogP contribution in [-0.2, 0) is 0 Å². The lowest BCUT2D eigenvalue weighted by Crippen LogP contribution is -2.41. The summed E-state index contributed by atoms with van der Waals surface area (Å²) in [5.41, 5.74) is 0. The summed E-state index contributed by atoms with van der Waals surface area (Å²) in [6.07, 6.45) is 0.619. The summed E-state index contributed by atoms with van der Waals surface area (Å²) in [6.45, 7) is 6.22. The van der Waals surface area contributed by atoms with Crippen LogP contribution in [0.15, 0.2) is 0 Å². The van der Waals surface area contributed by atoms with Crippen LogP contribution >= 0.6 is 0 Å². The van der Waals surface area contributed by atoms with Crippen molar-refractivity contribution in [2.75, 3.05) is 7.05 Å². The Morgan fingerprint density at radius 3 is 2.00 bits per heavy atom. The molecular weight excluding hydrogens is 126 g/mol. The highest BCUT2D eigenvalue weighted by Gasteiger charge is 2.18. The van der Waals surface area contributed by atoms with Crippen LogP contribution in [0.5, 0.6) is 0 Å². The lowest BCUT2D eigenvalue weighted by Gasteiger charge is -2.24. The molecular formula is C8H19NO. The summed E-state index contributed by atoms with van der Waals surface area (Å²) >= 11 is 0. The topological polar surface area (TPSA) is 32.3 Å². The Labute approximate surface area is 63.6 Å². The van der Waals surface area contributed by atoms with Gasteiger partial charge in [-0.3, -0.25) is 0 Å². The van der Waals surface area contributed by atoms with E-state index in [-0.39, 0.29) is 12.1 Å². The van der Waals surface area contributed by atoms with Crippen LogP contribution in [-0.4, -0.2) is 24.3 Å². The zero-order valence-electron chi connectivity index (χ0n) is 7.39. The van der Waals surface area contributed by atoms with Crippen LogP contribution in [0.2, 0.25) is 0 Å². The molecule has 0 aliphatic rings. The standard InChI is InChI=1S/C8H19NO/c1-5-7(10)8(9-4)6(2)3/h6-10H,5H2,1-4H3/t7-,8+/m1/s1. The average molecular weight is 145 g/mol. The van der Waals surface area contributed by atoms with Gasteiger partial charge in [0.15, 0.2) is 0 Å². The van der Waals surface area contributed by atoms with Crippen molar-refractivity contribution >= 4 is 0 Å². The molecule has 0 bridgehead atoms. The zero-order chi connectivity index (χ0) is 8.15. The number of rotatable bonds is 4. The molecule has 0 aromatic carbocycles. The highest BCUT2D eigenvalue weighted by atomic mass is 16.3. The summed E-state index contributed by atoms with van der Waals surface area (Å²) < 4.78 is 0. The van der Waals surface area contributed by atoms with Crippen molar-refractivity contribution in [2.24, 2.45) is 5.92 Å². The summed E-state index contributed by atoms with van der Waals surface area (Å²) in [6, 6.07) is 0.241. The van der Waals surface area contributed by atoms with Gasteiger partial charge in [-0.05, 0) is 19.4 Å². The van der Waals surface area contributed by atoms with Gasteiger partial charge in [-0.2, -0.15) is 0 Å². The average Bonchev–Trinajstić information content (AvgIpc) is 1.88. The fourth-order valence-corrected chi connectivity index (χ4v) is 1.22. The van der Waals surface area contributed by atoms with Crippen molar-refractivity contribution < 1.29 is 5.11 Å². The Bertz CT molecular complexity index is 83.3. The highest BCUT2D eigenvalue weighted by molar-refractivity contribution is 4.75. The monoisotopic (exact) mass is 145 g/mol. The first-order chi connectivity index (χ1) is 4.63. The molecule has 10 heavy (non-hydrogen) atoms. The molecule has 0 rings (SSSR count). The Morgan fingerprint density at radius 2 is 1.90 bits per heavy atom. The quantitative estimate of drug-likeness (QED) is 0.618.